The van der Waals surface area contributed by atoms with Crippen LogP contribution in [0.3, 0.4) is 0 Å². The van der Waals surface area contributed by atoms with E-state index in [0.29, 0.717) is 40.1 Å². The van der Waals surface area contributed by atoms with Crippen LogP contribution in [0.1, 0.15) is 60.4 Å². The van der Waals surface area contributed by atoms with Crippen LogP contribution in [0.5, 0.6) is 17.2 Å². The van der Waals surface area contributed by atoms with Crippen LogP contribution in [0.2, 0.25) is 0 Å². The van der Waals surface area contributed by atoms with Crippen molar-refractivity contribution in [2.24, 2.45) is 0 Å². The summed E-state index contributed by atoms with van der Waals surface area (Å²) in [5.74, 6) is -1.32. The van der Waals surface area contributed by atoms with E-state index in [4.69, 9.17) is 14.2 Å². The number of alkyl halides is 6. The van der Waals surface area contributed by atoms with Crippen molar-refractivity contribution in [2.75, 3.05) is 25.7 Å². The number of nitrogens with zero attached hydrogens (tertiary/aromatic N) is 3. The Balaban J connectivity index is 0.00000702. The van der Waals surface area contributed by atoms with Crippen molar-refractivity contribution < 1.29 is 84.4 Å². The Kier molecular flexibility index (Phi) is 14.1. The average molecular weight is 732 g/mol. The Hall–Kier alpha value is -4.08. The van der Waals surface area contributed by atoms with Gasteiger partial charge in [0.1, 0.15) is 17.3 Å². The Morgan fingerprint density at radius 2 is 1.47 bits per heavy atom. The molecule has 0 spiro atoms. The van der Waals surface area contributed by atoms with Crippen LogP contribution in [-0.2, 0) is 30.2 Å². The minimum absolute atomic E-state index is 0. The summed E-state index contributed by atoms with van der Waals surface area (Å²) >= 11 is 0. The normalized spacial score (nSPS) is 11.6. The second kappa shape index (κ2) is 17.4. The van der Waals surface area contributed by atoms with Gasteiger partial charge in [0.2, 0.25) is 5.95 Å². The number of carboxylic acids is 1. The van der Waals surface area contributed by atoms with Gasteiger partial charge < -0.3 is 29.0 Å². The second-order valence-electron chi connectivity index (χ2n) is 11.6. The third-order valence-corrected chi connectivity index (χ3v) is 7.62. The number of hydrogen-bond donors (Lipinski definition) is 0. The van der Waals surface area contributed by atoms with E-state index >= 15 is 0 Å². The van der Waals surface area contributed by atoms with Crippen LogP contribution >= 0.6 is 0 Å². The molecule has 0 saturated heterocycles. The van der Waals surface area contributed by atoms with Crippen LogP contribution in [0.4, 0.5) is 36.7 Å². The van der Waals surface area contributed by atoms with E-state index in [0.717, 1.165) is 0 Å². The average Bonchev–Trinajstić information content (AvgIpc) is 3.05. The first-order chi connectivity index (χ1) is 23.5. The molecule has 4 rings (SSSR count). The molecule has 268 valence electrons. The fraction of sp³-hybridized carbons (Fsp3) is 0.343. The summed E-state index contributed by atoms with van der Waals surface area (Å²) in [5, 5.41) is 10.7. The van der Waals surface area contributed by atoms with E-state index in [-0.39, 0.29) is 90.5 Å². The van der Waals surface area contributed by atoms with Gasteiger partial charge in [-0.25, -0.2) is 14.4 Å². The standard InChI is InChI=1S/C35H34F7N3O5.Na/c1-20(2)28-14-29(31(49-4)15-30(28)36)27-8-7-25(48-3)12-22(27)19-45(33-43-16-26(17-44-33)50-9-5-6-32(46)47)18-21-10-23(34(37,38)39)13-24(11-21)35(40,41)42;/h7-8,10-17,20H,5-6,9,18-19H2,1-4H3,(H,46,47);/q;+1/p-1. The molecule has 0 N–H and O–H groups in total. The molecule has 0 fully saturated rings. The van der Waals surface area contributed by atoms with Crippen molar-refractivity contribution in [3.63, 3.8) is 0 Å². The molecular formula is C35H33F7N3NaO5. The SMILES string of the molecule is COc1ccc(-c2cc(C(C)C)c(F)cc2OC)c(CN(Cc2cc(C(F)(F)F)cc(C(F)(F)F)c2)c2ncc(OCCCC(=O)[O-])cn2)c1.[Na+]. The fourth-order valence-electron chi connectivity index (χ4n) is 5.17. The molecule has 0 bridgehead atoms. The van der Waals surface area contributed by atoms with Gasteiger partial charge in [0.15, 0.2) is 5.75 Å². The molecule has 1 aromatic heterocycles. The number of rotatable bonds is 14. The van der Waals surface area contributed by atoms with Gasteiger partial charge >= 0.3 is 41.9 Å². The predicted octanol–water partition coefficient (Wildman–Crippen LogP) is 4.58. The monoisotopic (exact) mass is 731 g/mol. The number of aliphatic carboxylic acids is 1. The van der Waals surface area contributed by atoms with Crippen molar-refractivity contribution in [1.29, 1.82) is 0 Å². The van der Waals surface area contributed by atoms with Gasteiger partial charge in [0.25, 0.3) is 0 Å². The van der Waals surface area contributed by atoms with Crippen LogP contribution in [0.25, 0.3) is 11.1 Å². The molecule has 3 aromatic carbocycles. The second-order valence-corrected chi connectivity index (χ2v) is 11.6. The van der Waals surface area contributed by atoms with Gasteiger partial charge in [-0.15, -0.1) is 0 Å². The molecule has 0 aliphatic rings. The number of carboxylic acid groups (broad SMARTS) is 1. The fourth-order valence-corrected chi connectivity index (χ4v) is 5.17. The number of halogens is 7. The van der Waals surface area contributed by atoms with Gasteiger partial charge in [-0.05, 0) is 77.4 Å². The molecule has 51 heavy (non-hydrogen) atoms. The third kappa shape index (κ3) is 11.0. The molecule has 16 heteroatoms. The number of ether oxygens (including phenoxy) is 3. The molecule has 0 amide bonds. The first-order valence-corrected chi connectivity index (χ1v) is 15.2. The zero-order valence-electron chi connectivity index (χ0n) is 28.4. The van der Waals surface area contributed by atoms with E-state index in [2.05, 4.69) is 9.97 Å². The van der Waals surface area contributed by atoms with Gasteiger partial charge in [-0.2, -0.15) is 26.3 Å². The van der Waals surface area contributed by atoms with E-state index < -0.39 is 41.8 Å². The molecule has 4 aromatic rings. The van der Waals surface area contributed by atoms with Crippen molar-refractivity contribution in [3.05, 3.63) is 94.6 Å². The Bertz CT molecular complexity index is 1770. The summed E-state index contributed by atoms with van der Waals surface area (Å²) in [4.78, 5) is 20.6. The Morgan fingerprint density at radius 1 is 0.843 bits per heavy atom. The van der Waals surface area contributed by atoms with Crippen LogP contribution in [-0.4, -0.2) is 36.8 Å². The predicted molar refractivity (Wildman–Crippen MR) is 167 cm³/mol. The molecule has 0 radical (unpaired) electrons. The van der Waals surface area contributed by atoms with E-state index in [1.807, 2.05) is 13.8 Å². The molecule has 8 nitrogen and oxygen atoms in total. The van der Waals surface area contributed by atoms with Gasteiger partial charge in [0, 0.05) is 30.7 Å². The summed E-state index contributed by atoms with van der Waals surface area (Å²) in [6.45, 7) is 2.93. The van der Waals surface area contributed by atoms with Crippen LogP contribution in [0.15, 0.2) is 60.9 Å². The van der Waals surface area contributed by atoms with Gasteiger partial charge in [-0.3, -0.25) is 0 Å². The summed E-state index contributed by atoms with van der Waals surface area (Å²) in [6.07, 6.45) is -7.76. The number of carbonyl (C=O) groups excluding carboxylic acids is 1. The zero-order valence-corrected chi connectivity index (χ0v) is 30.4. The maximum Gasteiger partial charge on any atom is 1.00 e. The van der Waals surface area contributed by atoms with Crippen LogP contribution < -0.4 is 53.8 Å². The molecule has 0 atom stereocenters. The van der Waals surface area contributed by atoms with Gasteiger partial charge in [0.05, 0.1) is 44.3 Å². The van der Waals surface area contributed by atoms with Crippen molar-refractivity contribution in [3.8, 4) is 28.4 Å². The van der Waals surface area contributed by atoms with E-state index in [1.54, 1.807) is 24.3 Å². The van der Waals surface area contributed by atoms with Gasteiger partial charge in [-0.1, -0.05) is 19.9 Å². The molecule has 1 heterocycles. The molecule has 0 aliphatic carbocycles. The van der Waals surface area contributed by atoms with E-state index in [1.165, 1.54) is 37.6 Å². The van der Waals surface area contributed by atoms with Crippen molar-refractivity contribution >= 4 is 11.9 Å². The molecule has 0 unspecified atom stereocenters. The smallest absolute Gasteiger partial charge is 0.550 e. The molecular weight excluding hydrogens is 698 g/mol. The quantitative estimate of drug-likeness (QED) is 0.106. The minimum Gasteiger partial charge on any atom is -0.550 e. The maximum absolute atomic E-state index is 15.0. The Morgan fingerprint density at radius 3 is 2.00 bits per heavy atom. The number of anilines is 1. The molecule has 0 saturated carbocycles. The summed E-state index contributed by atoms with van der Waals surface area (Å²) in [5.41, 5.74) is -1.44. The largest absolute Gasteiger partial charge is 1.00 e. The van der Waals surface area contributed by atoms with Crippen molar-refractivity contribution in [2.45, 2.75) is 58.0 Å². The minimum atomic E-state index is -5.07. The summed E-state index contributed by atoms with van der Waals surface area (Å²) < 4.78 is 114. The summed E-state index contributed by atoms with van der Waals surface area (Å²) in [6, 6.07) is 9.12. The first kappa shape index (κ1) is 41.3. The third-order valence-electron chi connectivity index (χ3n) is 7.62. The zero-order chi connectivity index (χ0) is 36.8. The number of carbonyl (C=O) groups is 1. The first-order valence-electron chi connectivity index (χ1n) is 15.2. The topological polar surface area (TPSA) is 96.8 Å². The van der Waals surface area contributed by atoms with Crippen molar-refractivity contribution in [1.82, 2.24) is 9.97 Å². The summed E-state index contributed by atoms with van der Waals surface area (Å²) in [7, 11) is 2.78. The Labute approximate surface area is 311 Å². The number of aromatic nitrogens is 2. The van der Waals surface area contributed by atoms with Crippen LogP contribution in [0, 0.1) is 5.82 Å². The molecule has 0 aliphatic heterocycles. The number of benzene rings is 3. The number of methoxy groups -OCH3 is 2. The van der Waals surface area contributed by atoms with E-state index in [9.17, 15) is 40.6 Å². The number of hydrogen-bond acceptors (Lipinski definition) is 8. The maximum atomic E-state index is 15.0.